The Bertz CT molecular complexity index is 823. The lowest BCUT2D eigenvalue weighted by molar-refractivity contribution is 0.0191. The van der Waals surface area contributed by atoms with E-state index in [1.807, 2.05) is 25.7 Å². The molecule has 1 aromatic rings. The molecule has 1 aromatic heterocycles. The van der Waals surface area contributed by atoms with Crippen molar-refractivity contribution >= 4 is 6.09 Å². The smallest absolute Gasteiger partial charge is 0.410 e. The highest BCUT2D eigenvalue weighted by Gasteiger charge is 2.34. The summed E-state index contributed by atoms with van der Waals surface area (Å²) in [6.45, 7) is 8.72. The molecular weight excluding hydrogens is 380 g/mol. The normalized spacial score (nSPS) is 23.4. The predicted octanol–water partition coefficient (Wildman–Crippen LogP) is 3.58. The predicted molar refractivity (Wildman–Crippen MR) is 116 cm³/mol. The first-order valence-corrected chi connectivity index (χ1v) is 11.6. The number of fused-ring (bicyclic) bond motifs is 1. The first-order valence-electron chi connectivity index (χ1n) is 11.6. The topological polar surface area (TPSA) is 78.5 Å². The van der Waals surface area contributed by atoms with Crippen molar-refractivity contribution < 1.29 is 9.53 Å². The molecule has 0 radical (unpaired) electrons. The second-order valence-corrected chi connectivity index (χ2v) is 10.2. The molecule has 0 aromatic carbocycles. The van der Waals surface area contributed by atoms with Crippen LogP contribution in [0, 0.1) is 0 Å². The molecule has 166 valence electrons. The Hall–Kier alpha value is -1.89. The van der Waals surface area contributed by atoms with Crippen molar-refractivity contribution in [3.63, 3.8) is 0 Å². The molecule has 1 saturated carbocycles. The Morgan fingerprint density at radius 3 is 2.63 bits per heavy atom. The van der Waals surface area contributed by atoms with Crippen LogP contribution in [0.2, 0.25) is 0 Å². The molecule has 3 heterocycles. The fourth-order valence-electron chi connectivity index (χ4n) is 5.11. The van der Waals surface area contributed by atoms with E-state index in [1.165, 1.54) is 19.3 Å². The molecule has 1 unspecified atom stereocenters. The number of nitrogens with zero attached hydrogens (tertiary/aromatic N) is 3. The Labute approximate surface area is 179 Å². The van der Waals surface area contributed by atoms with Crippen LogP contribution in [0.3, 0.4) is 0 Å². The number of aromatic amines is 1. The van der Waals surface area contributed by atoms with Gasteiger partial charge < -0.3 is 14.6 Å². The van der Waals surface area contributed by atoms with Gasteiger partial charge in [0.25, 0.3) is 5.56 Å². The number of hydrogen-bond donors (Lipinski definition) is 1. The van der Waals surface area contributed by atoms with E-state index < -0.39 is 5.60 Å². The van der Waals surface area contributed by atoms with Crippen LogP contribution >= 0.6 is 0 Å². The summed E-state index contributed by atoms with van der Waals surface area (Å²) in [5.74, 6) is 1.31. The van der Waals surface area contributed by atoms with Crippen molar-refractivity contribution in [2.45, 2.75) is 96.2 Å². The zero-order chi connectivity index (χ0) is 21.3. The van der Waals surface area contributed by atoms with E-state index in [2.05, 4.69) is 9.88 Å². The summed E-state index contributed by atoms with van der Waals surface area (Å²) in [6, 6.07) is 0.148. The van der Waals surface area contributed by atoms with Crippen LogP contribution in [-0.4, -0.2) is 57.1 Å². The van der Waals surface area contributed by atoms with Crippen molar-refractivity contribution in [2.24, 2.45) is 0 Å². The fourth-order valence-corrected chi connectivity index (χ4v) is 5.11. The molecular formula is C23H36N4O3. The van der Waals surface area contributed by atoms with E-state index in [9.17, 15) is 9.59 Å². The van der Waals surface area contributed by atoms with Crippen molar-refractivity contribution in [1.29, 1.82) is 0 Å². The summed E-state index contributed by atoms with van der Waals surface area (Å²) < 4.78 is 5.59. The van der Waals surface area contributed by atoms with Crippen LogP contribution in [0.5, 0.6) is 0 Å². The minimum Gasteiger partial charge on any atom is -0.444 e. The monoisotopic (exact) mass is 416 g/mol. The number of amides is 1. The van der Waals surface area contributed by atoms with Crippen molar-refractivity contribution in [2.75, 3.05) is 19.6 Å². The van der Waals surface area contributed by atoms with Crippen molar-refractivity contribution in [3.05, 3.63) is 27.4 Å². The van der Waals surface area contributed by atoms with Crippen LogP contribution < -0.4 is 5.56 Å². The summed E-state index contributed by atoms with van der Waals surface area (Å²) in [6.07, 6.45) is 8.59. The molecule has 1 aliphatic carbocycles. The van der Waals surface area contributed by atoms with E-state index >= 15 is 0 Å². The third kappa shape index (κ3) is 4.88. The van der Waals surface area contributed by atoms with Gasteiger partial charge in [-0.05, 0) is 46.5 Å². The second kappa shape index (κ2) is 8.69. The molecule has 0 spiro atoms. The molecule has 2 fully saturated rings. The average Bonchev–Trinajstić information content (AvgIpc) is 3.16. The van der Waals surface area contributed by atoms with Gasteiger partial charge in [-0.2, -0.15) is 0 Å². The van der Waals surface area contributed by atoms with Gasteiger partial charge in [0, 0.05) is 44.6 Å². The first-order chi connectivity index (χ1) is 14.3. The molecule has 30 heavy (non-hydrogen) atoms. The lowest BCUT2D eigenvalue weighted by atomic mass is 9.88. The molecule has 1 amide bonds. The number of carbonyl (C=O) groups excluding carboxylic acids is 1. The van der Waals surface area contributed by atoms with Gasteiger partial charge in [0.15, 0.2) is 0 Å². The number of rotatable bonds is 3. The number of likely N-dealkylation sites (tertiary alicyclic amines) is 1. The number of hydrogen-bond acceptors (Lipinski definition) is 5. The van der Waals surface area contributed by atoms with Crippen LogP contribution in [-0.2, 0) is 17.7 Å². The second-order valence-electron chi connectivity index (χ2n) is 10.2. The lowest BCUT2D eigenvalue weighted by Gasteiger charge is -2.34. The van der Waals surface area contributed by atoms with Gasteiger partial charge in [-0.1, -0.05) is 19.3 Å². The Morgan fingerprint density at radius 1 is 1.13 bits per heavy atom. The standard InChI is InChI=1S/C23H36N4O3/c1-23(2,3)30-22(29)27-12-7-10-17(27)14-26-13-11-19-18(15-26)21(28)25-20(24-19)16-8-5-4-6-9-16/h16-17H,4-15H2,1-3H3,(H,24,25,28). The van der Waals surface area contributed by atoms with Gasteiger partial charge >= 0.3 is 6.09 Å². The zero-order valence-corrected chi connectivity index (χ0v) is 18.7. The molecule has 0 bridgehead atoms. The maximum absolute atomic E-state index is 12.8. The van der Waals surface area contributed by atoms with Gasteiger partial charge in [-0.25, -0.2) is 9.78 Å². The van der Waals surface area contributed by atoms with E-state index in [-0.39, 0.29) is 17.7 Å². The SMILES string of the molecule is CC(C)(C)OC(=O)N1CCCC1CN1CCc2nc(C3CCCCC3)[nH]c(=O)c2C1. The maximum atomic E-state index is 12.8. The zero-order valence-electron chi connectivity index (χ0n) is 18.7. The number of nitrogens with one attached hydrogen (secondary N) is 1. The first kappa shape index (κ1) is 21.3. The van der Waals surface area contributed by atoms with Gasteiger partial charge in [0.05, 0.1) is 11.3 Å². The van der Waals surface area contributed by atoms with E-state index in [0.29, 0.717) is 12.5 Å². The van der Waals surface area contributed by atoms with E-state index in [1.54, 1.807) is 0 Å². The van der Waals surface area contributed by atoms with Gasteiger partial charge in [-0.3, -0.25) is 9.69 Å². The molecule has 3 aliphatic rings. The third-order valence-electron chi connectivity index (χ3n) is 6.63. The average molecular weight is 417 g/mol. The summed E-state index contributed by atoms with van der Waals surface area (Å²) in [7, 11) is 0. The van der Waals surface area contributed by atoms with Crippen LogP contribution in [0.1, 0.15) is 88.7 Å². The molecule has 1 atom stereocenters. The van der Waals surface area contributed by atoms with Crippen LogP contribution in [0.25, 0.3) is 0 Å². The minimum absolute atomic E-state index is 0.0284. The summed E-state index contributed by atoms with van der Waals surface area (Å²) in [5, 5.41) is 0. The van der Waals surface area contributed by atoms with E-state index in [4.69, 9.17) is 9.72 Å². The Balaban J connectivity index is 1.42. The quantitative estimate of drug-likeness (QED) is 0.815. The largest absolute Gasteiger partial charge is 0.444 e. The van der Waals surface area contributed by atoms with Gasteiger partial charge in [0.2, 0.25) is 0 Å². The van der Waals surface area contributed by atoms with Crippen molar-refractivity contribution in [3.8, 4) is 0 Å². The fraction of sp³-hybridized carbons (Fsp3) is 0.783. The molecule has 4 rings (SSSR count). The lowest BCUT2D eigenvalue weighted by Crippen LogP contribution is -2.47. The highest BCUT2D eigenvalue weighted by Crippen LogP contribution is 2.31. The van der Waals surface area contributed by atoms with E-state index in [0.717, 1.165) is 68.8 Å². The molecule has 2 aliphatic heterocycles. The highest BCUT2D eigenvalue weighted by atomic mass is 16.6. The molecule has 1 N–H and O–H groups in total. The number of aromatic nitrogens is 2. The number of ether oxygens (including phenoxy) is 1. The Morgan fingerprint density at radius 2 is 1.90 bits per heavy atom. The molecule has 7 heteroatoms. The van der Waals surface area contributed by atoms with Crippen LogP contribution in [0.4, 0.5) is 4.79 Å². The maximum Gasteiger partial charge on any atom is 0.410 e. The third-order valence-corrected chi connectivity index (χ3v) is 6.63. The number of H-pyrrole nitrogens is 1. The highest BCUT2D eigenvalue weighted by molar-refractivity contribution is 5.69. The summed E-state index contributed by atoms with van der Waals surface area (Å²) >= 11 is 0. The molecule has 1 saturated heterocycles. The Kier molecular flexibility index (Phi) is 6.19. The number of carbonyl (C=O) groups is 1. The van der Waals surface area contributed by atoms with Gasteiger partial charge in [0.1, 0.15) is 11.4 Å². The van der Waals surface area contributed by atoms with Gasteiger partial charge in [-0.15, -0.1) is 0 Å². The van der Waals surface area contributed by atoms with Crippen LogP contribution in [0.15, 0.2) is 4.79 Å². The van der Waals surface area contributed by atoms with Crippen molar-refractivity contribution in [1.82, 2.24) is 19.8 Å². The summed E-state index contributed by atoms with van der Waals surface area (Å²) in [5.41, 5.74) is 1.33. The minimum atomic E-state index is -0.483. The summed E-state index contributed by atoms with van der Waals surface area (Å²) in [4.78, 5) is 37.6. The molecule has 7 nitrogen and oxygen atoms in total.